The number of esters is 1. The van der Waals surface area contributed by atoms with E-state index in [1.807, 2.05) is 0 Å². The summed E-state index contributed by atoms with van der Waals surface area (Å²) in [6, 6.07) is 12.3. The van der Waals surface area contributed by atoms with Crippen molar-refractivity contribution in [2.45, 2.75) is 13.0 Å². The van der Waals surface area contributed by atoms with Gasteiger partial charge in [-0.15, -0.1) is 10.2 Å². The van der Waals surface area contributed by atoms with Gasteiger partial charge >= 0.3 is 5.97 Å². The smallest absolute Gasteiger partial charge is 0.344 e. The summed E-state index contributed by atoms with van der Waals surface area (Å²) in [7, 11) is 0. The van der Waals surface area contributed by atoms with Crippen molar-refractivity contribution in [3.8, 4) is 17.2 Å². The van der Waals surface area contributed by atoms with E-state index in [2.05, 4.69) is 10.2 Å². The van der Waals surface area contributed by atoms with Gasteiger partial charge in [0.25, 0.3) is 11.6 Å². The maximum Gasteiger partial charge on any atom is 0.344 e. The first kappa shape index (κ1) is 19.3. The van der Waals surface area contributed by atoms with Crippen molar-refractivity contribution >= 4 is 23.3 Å². The van der Waals surface area contributed by atoms with Crippen LogP contribution in [0.2, 0.25) is 5.02 Å². The lowest BCUT2D eigenvalue weighted by atomic mass is 10.2. The van der Waals surface area contributed by atoms with Crippen molar-refractivity contribution < 1.29 is 23.6 Å². The largest absolute Gasteiger partial charge is 0.482 e. The quantitative estimate of drug-likeness (QED) is 0.330. The lowest BCUT2D eigenvalue weighted by Crippen LogP contribution is -2.17. The first-order chi connectivity index (χ1) is 13.4. The second-order valence-corrected chi connectivity index (χ2v) is 6.06. The van der Waals surface area contributed by atoms with Crippen LogP contribution in [0.4, 0.5) is 5.69 Å². The molecule has 3 aromatic rings. The van der Waals surface area contributed by atoms with Crippen LogP contribution in [0.1, 0.15) is 18.9 Å². The number of ether oxygens (including phenoxy) is 2. The van der Waals surface area contributed by atoms with E-state index < -0.39 is 17.0 Å². The first-order valence-corrected chi connectivity index (χ1v) is 8.46. The molecular weight excluding hydrogens is 390 g/mol. The van der Waals surface area contributed by atoms with Crippen LogP contribution in [0.3, 0.4) is 0 Å². The van der Waals surface area contributed by atoms with E-state index in [4.69, 9.17) is 25.5 Å². The van der Waals surface area contributed by atoms with Crippen molar-refractivity contribution in [1.82, 2.24) is 10.2 Å². The Morgan fingerprint density at radius 2 is 2.00 bits per heavy atom. The van der Waals surface area contributed by atoms with Gasteiger partial charge in [0.1, 0.15) is 5.75 Å². The number of non-ortho nitro benzene ring substituents is 1. The fourth-order valence-corrected chi connectivity index (χ4v) is 2.40. The van der Waals surface area contributed by atoms with Crippen LogP contribution in [-0.2, 0) is 9.53 Å². The third-order valence-electron chi connectivity index (χ3n) is 3.57. The SMILES string of the molecule is C[C@@H](OC(=O)COc1cccc(Cl)c1)c1nnc(-c2ccc([N+](=O)[O-])cc2)o1. The van der Waals surface area contributed by atoms with Crippen LogP contribution in [0.25, 0.3) is 11.5 Å². The Balaban J connectivity index is 1.58. The van der Waals surface area contributed by atoms with E-state index in [-0.39, 0.29) is 24.1 Å². The molecule has 1 aromatic heterocycles. The number of hydrogen-bond donors (Lipinski definition) is 0. The summed E-state index contributed by atoms with van der Waals surface area (Å²) in [4.78, 5) is 22.1. The van der Waals surface area contributed by atoms with Gasteiger partial charge < -0.3 is 13.9 Å². The summed E-state index contributed by atoms with van der Waals surface area (Å²) in [6.45, 7) is 1.26. The van der Waals surface area contributed by atoms with Gasteiger partial charge in [-0.2, -0.15) is 0 Å². The number of aromatic nitrogens is 2. The number of nitro benzene ring substituents is 1. The number of benzene rings is 2. The van der Waals surface area contributed by atoms with E-state index >= 15 is 0 Å². The molecule has 0 fully saturated rings. The average molecular weight is 404 g/mol. The Labute approximate surface area is 164 Å². The molecule has 28 heavy (non-hydrogen) atoms. The summed E-state index contributed by atoms with van der Waals surface area (Å²) in [6.07, 6.45) is -0.797. The minimum absolute atomic E-state index is 0.0505. The second-order valence-electron chi connectivity index (χ2n) is 5.63. The highest BCUT2D eigenvalue weighted by molar-refractivity contribution is 6.30. The summed E-state index contributed by atoms with van der Waals surface area (Å²) >= 11 is 5.84. The van der Waals surface area contributed by atoms with Gasteiger partial charge in [-0.3, -0.25) is 10.1 Å². The van der Waals surface area contributed by atoms with Crippen LogP contribution in [0.5, 0.6) is 5.75 Å². The van der Waals surface area contributed by atoms with Crippen LogP contribution >= 0.6 is 11.6 Å². The average Bonchev–Trinajstić information content (AvgIpc) is 3.17. The summed E-state index contributed by atoms with van der Waals surface area (Å²) in [5.74, 6) is 0.0605. The van der Waals surface area contributed by atoms with Gasteiger partial charge in [0.15, 0.2) is 12.7 Å². The highest BCUT2D eigenvalue weighted by Gasteiger charge is 2.19. The molecule has 0 saturated heterocycles. The number of rotatable bonds is 7. The molecule has 0 N–H and O–H groups in total. The van der Waals surface area contributed by atoms with Crippen LogP contribution in [0.15, 0.2) is 52.9 Å². The summed E-state index contributed by atoms with van der Waals surface area (Å²) in [5, 5.41) is 18.9. The maximum atomic E-state index is 11.9. The zero-order valence-corrected chi connectivity index (χ0v) is 15.3. The van der Waals surface area contributed by atoms with Crippen LogP contribution in [0, 0.1) is 10.1 Å². The Morgan fingerprint density at radius 3 is 2.68 bits per heavy atom. The molecule has 0 bridgehead atoms. The predicted molar refractivity (Wildman–Crippen MR) is 97.8 cm³/mol. The fraction of sp³-hybridized carbons (Fsp3) is 0.167. The van der Waals surface area contributed by atoms with Crippen molar-refractivity contribution in [3.05, 3.63) is 69.6 Å². The fourth-order valence-electron chi connectivity index (χ4n) is 2.22. The van der Waals surface area contributed by atoms with Crippen LogP contribution < -0.4 is 4.74 Å². The predicted octanol–water partition coefficient (Wildman–Crippen LogP) is 3.98. The third kappa shape index (κ3) is 4.83. The molecule has 2 aromatic carbocycles. The lowest BCUT2D eigenvalue weighted by molar-refractivity contribution is -0.384. The van der Waals surface area contributed by atoms with E-state index in [1.165, 1.54) is 24.3 Å². The van der Waals surface area contributed by atoms with Gasteiger partial charge in [-0.05, 0) is 37.3 Å². The van der Waals surface area contributed by atoms with Crippen molar-refractivity contribution in [1.29, 1.82) is 0 Å². The molecule has 3 rings (SSSR count). The molecule has 0 amide bonds. The monoisotopic (exact) mass is 403 g/mol. The second kappa shape index (κ2) is 8.49. The summed E-state index contributed by atoms with van der Waals surface area (Å²) in [5.41, 5.74) is 0.456. The number of carbonyl (C=O) groups is 1. The molecule has 0 spiro atoms. The van der Waals surface area contributed by atoms with Gasteiger partial charge in [0, 0.05) is 22.7 Å². The molecule has 10 heteroatoms. The normalized spacial score (nSPS) is 11.6. The molecule has 0 radical (unpaired) electrons. The Morgan fingerprint density at radius 1 is 1.25 bits per heavy atom. The summed E-state index contributed by atoms with van der Waals surface area (Å²) < 4.78 is 16.0. The van der Waals surface area contributed by atoms with Crippen molar-refractivity contribution in [3.63, 3.8) is 0 Å². The highest BCUT2D eigenvalue weighted by Crippen LogP contribution is 2.24. The molecule has 144 valence electrons. The minimum atomic E-state index is -0.797. The third-order valence-corrected chi connectivity index (χ3v) is 3.81. The van der Waals surface area contributed by atoms with Gasteiger partial charge in [0.05, 0.1) is 4.92 Å². The molecule has 0 unspecified atom stereocenters. The Bertz CT molecular complexity index is 989. The van der Waals surface area contributed by atoms with Crippen LogP contribution in [-0.4, -0.2) is 27.7 Å². The molecule has 1 heterocycles. The van der Waals surface area contributed by atoms with E-state index in [0.29, 0.717) is 16.3 Å². The Kier molecular flexibility index (Phi) is 5.85. The molecule has 0 aliphatic heterocycles. The standard InChI is InChI=1S/C18H14ClN3O6/c1-11(27-16(23)10-26-15-4-2-3-13(19)9-15)17-20-21-18(28-17)12-5-7-14(8-6-12)22(24)25/h2-9,11H,10H2,1H3/t11-/m1/s1. The molecular formula is C18H14ClN3O6. The highest BCUT2D eigenvalue weighted by atomic mass is 35.5. The lowest BCUT2D eigenvalue weighted by Gasteiger charge is -2.10. The van der Waals surface area contributed by atoms with E-state index in [0.717, 1.165) is 0 Å². The molecule has 0 aliphatic carbocycles. The van der Waals surface area contributed by atoms with E-state index in [9.17, 15) is 14.9 Å². The Hall–Kier alpha value is -3.46. The zero-order valence-electron chi connectivity index (χ0n) is 14.6. The number of carbonyl (C=O) groups excluding carboxylic acids is 1. The first-order valence-electron chi connectivity index (χ1n) is 8.08. The van der Waals surface area contributed by atoms with Gasteiger partial charge in [0.2, 0.25) is 5.89 Å². The zero-order chi connectivity index (χ0) is 20.1. The van der Waals surface area contributed by atoms with E-state index in [1.54, 1.807) is 31.2 Å². The van der Waals surface area contributed by atoms with Crippen molar-refractivity contribution in [2.24, 2.45) is 0 Å². The molecule has 1 atom stereocenters. The maximum absolute atomic E-state index is 11.9. The van der Waals surface area contributed by atoms with Crippen molar-refractivity contribution in [2.75, 3.05) is 6.61 Å². The number of hydrogen-bond acceptors (Lipinski definition) is 8. The minimum Gasteiger partial charge on any atom is -0.482 e. The number of nitro groups is 1. The molecule has 0 aliphatic rings. The number of nitrogens with zero attached hydrogens (tertiary/aromatic N) is 3. The topological polar surface area (TPSA) is 118 Å². The number of halogens is 1. The molecule has 0 saturated carbocycles. The molecule has 9 nitrogen and oxygen atoms in total. The van der Waals surface area contributed by atoms with Gasteiger partial charge in [-0.25, -0.2) is 4.79 Å². The van der Waals surface area contributed by atoms with Gasteiger partial charge in [-0.1, -0.05) is 17.7 Å².